The summed E-state index contributed by atoms with van der Waals surface area (Å²) in [5, 5.41) is 4.92. The van der Waals surface area contributed by atoms with Crippen LogP contribution in [0, 0.1) is 5.82 Å². The number of hydrogen-bond acceptors (Lipinski definition) is 6. The van der Waals surface area contributed by atoms with Crippen molar-refractivity contribution in [1.29, 1.82) is 0 Å². The average Bonchev–Trinajstić information content (AvgIpc) is 2.63. The van der Waals surface area contributed by atoms with Crippen LogP contribution in [0.15, 0.2) is 24.3 Å². The molecular weight excluding hydrogens is 395 g/mol. The number of ether oxygens (including phenoxy) is 2. The van der Waals surface area contributed by atoms with E-state index < -0.39 is 47.3 Å². The van der Waals surface area contributed by atoms with Gasteiger partial charge in [-0.1, -0.05) is 18.2 Å². The molecule has 0 bridgehead atoms. The molecule has 0 saturated heterocycles. The van der Waals surface area contributed by atoms with Gasteiger partial charge >= 0.3 is 11.9 Å². The maximum absolute atomic E-state index is 14.0. The SMILES string of the molecule is COC(=O)[C@H](CCC(=O)OC(C)(C)C)NC(=O)[C@@H](Cc1ccccc1F)NC(C)=O. The van der Waals surface area contributed by atoms with Crippen molar-refractivity contribution < 1.29 is 33.0 Å². The van der Waals surface area contributed by atoms with E-state index >= 15 is 0 Å². The lowest BCUT2D eigenvalue weighted by atomic mass is 10.0. The van der Waals surface area contributed by atoms with Crippen molar-refractivity contribution in [2.75, 3.05) is 7.11 Å². The van der Waals surface area contributed by atoms with Crippen LogP contribution in [0.2, 0.25) is 0 Å². The second kappa shape index (κ2) is 11.3. The van der Waals surface area contributed by atoms with Crippen molar-refractivity contribution in [3.8, 4) is 0 Å². The minimum absolute atomic E-state index is 0.0557. The number of methoxy groups -OCH3 is 1. The van der Waals surface area contributed by atoms with Crippen molar-refractivity contribution in [1.82, 2.24) is 10.6 Å². The Morgan fingerprint density at radius 1 is 1.07 bits per heavy atom. The van der Waals surface area contributed by atoms with E-state index in [1.165, 1.54) is 25.1 Å². The molecule has 8 nitrogen and oxygen atoms in total. The van der Waals surface area contributed by atoms with Crippen molar-refractivity contribution in [2.24, 2.45) is 0 Å². The molecule has 30 heavy (non-hydrogen) atoms. The van der Waals surface area contributed by atoms with Gasteiger partial charge < -0.3 is 20.1 Å². The highest BCUT2D eigenvalue weighted by Crippen LogP contribution is 2.12. The van der Waals surface area contributed by atoms with Gasteiger partial charge in [0.05, 0.1) is 7.11 Å². The van der Waals surface area contributed by atoms with E-state index in [2.05, 4.69) is 10.6 Å². The van der Waals surface area contributed by atoms with Gasteiger partial charge in [-0.3, -0.25) is 14.4 Å². The van der Waals surface area contributed by atoms with Crippen molar-refractivity contribution >= 4 is 23.8 Å². The Hall–Kier alpha value is -2.97. The Morgan fingerprint density at radius 2 is 1.70 bits per heavy atom. The number of hydrogen-bond donors (Lipinski definition) is 2. The molecular formula is C21H29FN2O6. The number of halogens is 1. The fourth-order valence-electron chi connectivity index (χ4n) is 2.66. The molecule has 0 saturated carbocycles. The van der Waals surface area contributed by atoms with Gasteiger partial charge in [-0.05, 0) is 38.8 Å². The monoisotopic (exact) mass is 424 g/mol. The smallest absolute Gasteiger partial charge is 0.328 e. The second-order valence-electron chi connectivity index (χ2n) is 7.76. The first-order valence-corrected chi connectivity index (χ1v) is 9.53. The highest BCUT2D eigenvalue weighted by atomic mass is 19.1. The Morgan fingerprint density at radius 3 is 2.23 bits per heavy atom. The molecule has 1 aromatic rings. The van der Waals surface area contributed by atoms with Crippen molar-refractivity contribution in [3.63, 3.8) is 0 Å². The van der Waals surface area contributed by atoms with Gasteiger partial charge in [-0.15, -0.1) is 0 Å². The fraction of sp³-hybridized carbons (Fsp3) is 0.524. The van der Waals surface area contributed by atoms with E-state index in [9.17, 15) is 23.6 Å². The zero-order valence-electron chi connectivity index (χ0n) is 17.9. The van der Waals surface area contributed by atoms with E-state index in [4.69, 9.17) is 9.47 Å². The Labute approximate surface area is 175 Å². The van der Waals surface area contributed by atoms with Crippen LogP contribution in [-0.2, 0) is 35.1 Å². The molecule has 2 amide bonds. The summed E-state index contributed by atoms with van der Waals surface area (Å²) in [6, 6.07) is 3.61. The summed E-state index contributed by atoms with van der Waals surface area (Å²) in [7, 11) is 1.15. The average molecular weight is 424 g/mol. The molecule has 0 aliphatic heterocycles. The summed E-state index contributed by atoms with van der Waals surface area (Å²) in [5.41, 5.74) is -0.452. The summed E-state index contributed by atoms with van der Waals surface area (Å²) >= 11 is 0. The number of benzene rings is 1. The molecule has 9 heteroatoms. The van der Waals surface area contributed by atoms with Gasteiger partial charge in [0, 0.05) is 19.8 Å². The minimum Gasteiger partial charge on any atom is -0.467 e. The molecule has 0 aliphatic carbocycles. The van der Waals surface area contributed by atoms with Gasteiger partial charge in [0.1, 0.15) is 23.5 Å². The van der Waals surface area contributed by atoms with Crippen LogP contribution in [0.4, 0.5) is 4.39 Å². The zero-order valence-corrected chi connectivity index (χ0v) is 17.9. The largest absolute Gasteiger partial charge is 0.467 e. The molecule has 2 atom stereocenters. The van der Waals surface area contributed by atoms with Crippen LogP contribution in [0.25, 0.3) is 0 Å². The summed E-state index contributed by atoms with van der Waals surface area (Å²) in [6.45, 7) is 6.36. The molecule has 0 aliphatic rings. The van der Waals surface area contributed by atoms with E-state index in [0.717, 1.165) is 7.11 Å². The predicted octanol–water partition coefficient (Wildman–Crippen LogP) is 1.65. The quantitative estimate of drug-likeness (QED) is 0.583. The number of nitrogens with one attached hydrogen (secondary N) is 2. The first-order chi connectivity index (χ1) is 13.9. The van der Waals surface area contributed by atoms with Crippen LogP contribution in [0.5, 0.6) is 0 Å². The fourth-order valence-corrected chi connectivity index (χ4v) is 2.66. The molecule has 0 spiro atoms. The maximum atomic E-state index is 14.0. The molecule has 0 radical (unpaired) electrons. The highest BCUT2D eigenvalue weighted by molar-refractivity contribution is 5.90. The molecule has 0 fully saturated rings. The van der Waals surface area contributed by atoms with Crippen LogP contribution < -0.4 is 10.6 Å². The Bertz CT molecular complexity index is 775. The van der Waals surface area contributed by atoms with Crippen LogP contribution in [0.1, 0.15) is 46.1 Å². The van der Waals surface area contributed by atoms with Gasteiger partial charge in [0.25, 0.3) is 0 Å². The van der Waals surface area contributed by atoms with Crippen molar-refractivity contribution in [2.45, 2.75) is 64.6 Å². The summed E-state index contributed by atoms with van der Waals surface area (Å²) < 4.78 is 23.9. The number of esters is 2. The number of carbonyl (C=O) groups excluding carboxylic acids is 4. The van der Waals surface area contributed by atoms with Crippen LogP contribution >= 0.6 is 0 Å². The molecule has 0 heterocycles. The maximum Gasteiger partial charge on any atom is 0.328 e. The minimum atomic E-state index is -1.13. The first-order valence-electron chi connectivity index (χ1n) is 9.53. The molecule has 1 aromatic carbocycles. The predicted molar refractivity (Wildman–Crippen MR) is 107 cm³/mol. The van der Waals surface area contributed by atoms with Gasteiger partial charge in [0.15, 0.2) is 0 Å². The number of rotatable bonds is 9. The van der Waals surface area contributed by atoms with Gasteiger partial charge in [-0.25, -0.2) is 9.18 Å². The topological polar surface area (TPSA) is 111 Å². The molecule has 1 rings (SSSR count). The summed E-state index contributed by atoms with van der Waals surface area (Å²) in [4.78, 5) is 48.2. The lowest BCUT2D eigenvalue weighted by Gasteiger charge is -2.23. The first kappa shape index (κ1) is 25.1. The van der Waals surface area contributed by atoms with Crippen LogP contribution in [-0.4, -0.2) is 48.5 Å². The molecule has 166 valence electrons. The third kappa shape index (κ3) is 9.02. The standard InChI is InChI=1S/C21H29FN2O6/c1-13(25)23-17(12-14-8-6-7-9-15(14)22)19(27)24-16(20(28)29-5)10-11-18(26)30-21(2,3)4/h6-9,16-17H,10-12H2,1-5H3,(H,23,25)(H,24,27)/t16-,17+/m0/s1. The lowest BCUT2D eigenvalue weighted by molar-refractivity contribution is -0.155. The molecule has 2 N–H and O–H groups in total. The Balaban J connectivity index is 2.88. The molecule has 0 unspecified atom stereocenters. The normalized spacial score (nSPS) is 13.0. The van der Waals surface area contributed by atoms with Gasteiger partial charge in [-0.2, -0.15) is 0 Å². The number of carbonyl (C=O) groups is 4. The second-order valence-corrected chi connectivity index (χ2v) is 7.76. The van der Waals surface area contributed by atoms with E-state index in [0.29, 0.717) is 0 Å². The summed E-state index contributed by atoms with van der Waals surface area (Å²) in [5.74, 6) is -2.99. The number of amides is 2. The summed E-state index contributed by atoms with van der Waals surface area (Å²) in [6.07, 6.45) is -0.298. The van der Waals surface area contributed by atoms with E-state index in [-0.39, 0.29) is 24.8 Å². The van der Waals surface area contributed by atoms with Gasteiger partial charge in [0.2, 0.25) is 11.8 Å². The third-order valence-electron chi connectivity index (χ3n) is 3.94. The van der Waals surface area contributed by atoms with Crippen LogP contribution in [0.3, 0.4) is 0 Å². The highest BCUT2D eigenvalue weighted by Gasteiger charge is 2.28. The van der Waals surface area contributed by atoms with E-state index in [1.807, 2.05) is 0 Å². The zero-order chi connectivity index (χ0) is 22.9. The Kier molecular flexibility index (Phi) is 9.42. The molecule has 0 aromatic heterocycles. The van der Waals surface area contributed by atoms with E-state index in [1.54, 1.807) is 26.8 Å². The lowest BCUT2D eigenvalue weighted by Crippen LogP contribution is -2.52. The third-order valence-corrected chi connectivity index (χ3v) is 3.94. The van der Waals surface area contributed by atoms with Crippen molar-refractivity contribution in [3.05, 3.63) is 35.6 Å².